The first-order chi connectivity index (χ1) is 39.6. The number of ether oxygens (including phenoxy) is 10. The van der Waals surface area contributed by atoms with Gasteiger partial charge in [-0.1, -0.05) is 39.3 Å². The average molecular weight is 1260 g/mol. The van der Waals surface area contributed by atoms with Crippen molar-refractivity contribution < 1.29 is 160 Å². The van der Waals surface area contributed by atoms with Gasteiger partial charge in [0.1, 0.15) is 91.2 Å². The third kappa shape index (κ3) is 14.0. The normalized spacial score (nSPS) is 50.7. The van der Waals surface area contributed by atoms with Crippen LogP contribution in [-0.4, -0.2) is 246 Å². The molecule has 3 saturated carbocycles. The largest absolute Gasteiger partial charge is 1.00 e. The minimum Gasteiger partial charge on any atom is -0.726 e. The molecule has 5 saturated heterocycles. The predicted octanol–water partition coefficient (Wildman–Crippen LogP) is -4.39. The molecule has 0 bridgehead atoms. The zero-order valence-corrected chi connectivity index (χ0v) is 53.5. The average Bonchev–Trinajstić information content (AvgIpc) is 1.33. The Kier molecular flexibility index (Phi) is 22.5. The van der Waals surface area contributed by atoms with E-state index in [9.17, 15) is 78.7 Å². The van der Waals surface area contributed by atoms with Crippen molar-refractivity contribution >= 4 is 22.0 Å². The maximum atomic E-state index is 14.4. The summed E-state index contributed by atoms with van der Waals surface area (Å²) in [6.45, 7) is 16.8. The molecule has 27 nitrogen and oxygen atoms in total. The van der Waals surface area contributed by atoms with Crippen LogP contribution in [0.15, 0.2) is 11.6 Å². The van der Waals surface area contributed by atoms with Gasteiger partial charge in [-0.05, 0) is 127 Å². The molecule has 86 heavy (non-hydrogen) atoms. The molecule has 4 aliphatic carbocycles. The Morgan fingerprint density at radius 3 is 1.73 bits per heavy atom. The van der Waals surface area contributed by atoms with Crippen LogP contribution in [0, 0.1) is 40.4 Å². The molecule has 0 aromatic rings. The van der Waals surface area contributed by atoms with Gasteiger partial charge >= 0.3 is 29.6 Å². The van der Waals surface area contributed by atoms with Crippen molar-refractivity contribution in [3.05, 3.63) is 11.6 Å². The van der Waals surface area contributed by atoms with Crippen molar-refractivity contribution in [1.82, 2.24) is 0 Å². The van der Waals surface area contributed by atoms with Crippen LogP contribution in [0.25, 0.3) is 0 Å². The molecular formula is C57H91NaO27S. The minimum absolute atomic E-state index is 0. The van der Waals surface area contributed by atoms with Crippen LogP contribution in [0.1, 0.15) is 127 Å². The van der Waals surface area contributed by atoms with Crippen molar-refractivity contribution in [2.75, 3.05) is 0 Å². The SMILES string of the molecule is CC(C)CC(=O)C[C@](C)(O)[C@H]1CC[C@H]2[C@@H]3C[C@H](O[C@@H]4O[C@H](C)C(=O)[C@H](O[C@@H]5O[C@H](C)[C@@H](O[C@@H]6O[C@H](C)[C@H](O)[C@H](O)[C@H]6O[C@@H]6O[C@H](C)[C@H](O)[C@H](O)[C@H]6O)[C@H](O)[C@H]5O[C@@H]5O[C@H](C)[C@@H](O)[C@H](O)[C@H]5O)[C@H]4O)[C@H]4C[C@@H](OS(=O)(=O)[O-])CC[C@]4(C)C3=CC[C@@]21C.[Na+]. The molecule has 8 fully saturated rings. The maximum absolute atomic E-state index is 14.4. The van der Waals surface area contributed by atoms with Crippen molar-refractivity contribution in [2.24, 2.45) is 40.4 Å². The monoisotopic (exact) mass is 1260 g/mol. The Balaban J connectivity index is 0.00000961. The molecule has 0 aromatic carbocycles. The Bertz CT molecular complexity index is 2490. The number of hydrogen-bond donors (Lipinski definition) is 11. The van der Waals surface area contributed by atoms with E-state index in [0.29, 0.717) is 38.5 Å². The number of fused-ring (bicyclic) bond motifs is 5. The summed E-state index contributed by atoms with van der Waals surface area (Å²) in [4.78, 5) is 27.6. The van der Waals surface area contributed by atoms with E-state index in [1.54, 1.807) is 6.92 Å². The van der Waals surface area contributed by atoms with Crippen LogP contribution in [0.5, 0.6) is 0 Å². The standard InChI is InChI=1S/C57H92O27S.Na/c1-21(2)17-27(58)20-57(10,70)34-12-11-30-29-19-33(32-18-28(84-85(71,72)73)13-15-55(32,8)31(29)14-16-56(30,34)9)79-52-45(69)47(38(62)25(6)76-52)81-54-49(83-51-43(67)40(64)36(60)23(4)75-51)44(68)46(26(7)78-54)80-53-48(41(65)37(61)24(5)77-53)82-50-42(66)39(63)35(59)22(3)74-50;/h14,21-26,28-30,32-37,39-54,59-61,63-70H,11-13,15-20H2,1-10H3,(H,71,72,73);/q;+1/p-1/t22-,23-,24-,25-,26-,28+,29+,30+,32-,33+,34+,35+,36-,37+,39+,40+,41+,42-,43-,44+,45-,46-,47+,48-,49-,50+,51+,52+,53+,54+,55-,56+,57+;/m1./s1. The molecule has 33 atom stereocenters. The fourth-order valence-corrected chi connectivity index (χ4v) is 16.4. The van der Waals surface area contributed by atoms with Gasteiger partial charge in [-0.15, -0.1) is 0 Å². The van der Waals surface area contributed by atoms with Gasteiger partial charge in [-0.3, -0.25) is 13.8 Å². The summed E-state index contributed by atoms with van der Waals surface area (Å²) < 4.78 is 103. The summed E-state index contributed by atoms with van der Waals surface area (Å²) in [5, 5.41) is 124. The second kappa shape index (κ2) is 27.2. The van der Waals surface area contributed by atoms with Crippen LogP contribution < -0.4 is 29.6 Å². The zero-order chi connectivity index (χ0) is 62.5. The second-order valence-corrected chi connectivity index (χ2v) is 27.9. The van der Waals surface area contributed by atoms with Gasteiger partial charge in [-0.25, -0.2) is 8.42 Å². The first kappa shape index (κ1) is 71.0. The Labute approximate surface area is 523 Å². The van der Waals surface area contributed by atoms with Crippen molar-refractivity contribution in [2.45, 2.75) is 292 Å². The number of hydrogen-bond acceptors (Lipinski definition) is 27. The molecule has 5 aliphatic heterocycles. The smallest absolute Gasteiger partial charge is 0.726 e. The third-order valence-electron chi connectivity index (χ3n) is 20.4. The Hall–Kier alpha value is -0.890. The van der Waals surface area contributed by atoms with Gasteiger partial charge in [0, 0.05) is 12.8 Å². The van der Waals surface area contributed by atoms with Crippen LogP contribution in [0.2, 0.25) is 0 Å². The number of carbonyl (C=O) groups is 2. The van der Waals surface area contributed by atoms with Crippen LogP contribution >= 0.6 is 0 Å². The van der Waals surface area contributed by atoms with E-state index in [2.05, 4.69) is 19.9 Å². The fraction of sp³-hybridized carbons (Fsp3) is 0.930. The van der Waals surface area contributed by atoms with Crippen molar-refractivity contribution in [3.8, 4) is 0 Å². The third-order valence-corrected chi connectivity index (χ3v) is 20.9. The van der Waals surface area contributed by atoms with Gasteiger partial charge in [0.15, 0.2) is 43.3 Å². The minimum atomic E-state index is -5.14. The molecule has 9 aliphatic rings. The van der Waals surface area contributed by atoms with E-state index >= 15 is 0 Å². The molecule has 9 rings (SSSR count). The van der Waals surface area contributed by atoms with E-state index < -0.39 is 198 Å². The summed E-state index contributed by atoms with van der Waals surface area (Å²) in [6.07, 6.45) is -36.5. The van der Waals surface area contributed by atoms with Crippen molar-refractivity contribution in [1.29, 1.82) is 0 Å². The molecular weight excluding hydrogens is 1170 g/mol. The van der Waals surface area contributed by atoms with E-state index in [0.717, 1.165) is 5.57 Å². The number of aliphatic hydroxyl groups is 11. The van der Waals surface area contributed by atoms with Gasteiger partial charge in [0.25, 0.3) is 0 Å². The summed E-state index contributed by atoms with van der Waals surface area (Å²) >= 11 is 0. The van der Waals surface area contributed by atoms with E-state index in [1.807, 2.05) is 13.8 Å². The number of ketones is 2. The molecule has 0 radical (unpaired) electrons. The molecule has 0 unspecified atom stereocenters. The van der Waals surface area contributed by atoms with Gasteiger partial charge < -0.3 is 108 Å². The van der Waals surface area contributed by atoms with Crippen molar-refractivity contribution in [3.63, 3.8) is 0 Å². The molecule has 488 valence electrons. The van der Waals surface area contributed by atoms with Gasteiger partial charge in [0.05, 0.1) is 42.2 Å². The number of rotatable bonds is 17. The first-order valence-corrected chi connectivity index (χ1v) is 31.4. The van der Waals surface area contributed by atoms with E-state index in [1.165, 1.54) is 34.6 Å². The molecule has 5 heterocycles. The Morgan fingerprint density at radius 1 is 0.651 bits per heavy atom. The van der Waals surface area contributed by atoms with E-state index in [-0.39, 0.29) is 78.3 Å². The maximum Gasteiger partial charge on any atom is 1.00 e. The molecule has 0 aromatic heterocycles. The van der Waals surface area contributed by atoms with Crippen LogP contribution in [-0.2, 0) is 71.5 Å². The number of Topliss-reactive ketones (excluding diaryl/α,β-unsaturated/α-hetero) is 2. The summed E-state index contributed by atoms with van der Waals surface area (Å²) in [7, 11) is -5.14. The quantitative estimate of drug-likeness (QED) is 0.0284. The molecule has 0 amide bonds. The number of aliphatic hydroxyl groups excluding tert-OH is 10. The van der Waals surface area contributed by atoms with E-state index in [4.69, 9.17) is 51.6 Å². The topological polar surface area (TPSA) is 415 Å². The summed E-state index contributed by atoms with van der Waals surface area (Å²) in [5.41, 5.74) is -1.33. The predicted molar refractivity (Wildman–Crippen MR) is 286 cm³/mol. The molecule has 0 spiro atoms. The summed E-state index contributed by atoms with van der Waals surface area (Å²) in [5.74, 6) is -1.71. The molecule has 29 heteroatoms. The van der Waals surface area contributed by atoms with Crippen LogP contribution in [0.4, 0.5) is 0 Å². The second-order valence-electron chi connectivity index (χ2n) is 26.9. The summed E-state index contributed by atoms with van der Waals surface area (Å²) in [6, 6.07) is 0. The Morgan fingerprint density at radius 2 is 1.16 bits per heavy atom. The van der Waals surface area contributed by atoms with Gasteiger partial charge in [0.2, 0.25) is 10.4 Å². The zero-order valence-electron chi connectivity index (χ0n) is 50.7. The first-order valence-electron chi connectivity index (χ1n) is 30.0. The number of carbonyl (C=O) groups excluding carboxylic acids is 2. The van der Waals surface area contributed by atoms with Gasteiger partial charge in [-0.2, -0.15) is 0 Å². The number of allylic oxidation sites excluding steroid dienone is 2. The fourth-order valence-electron chi connectivity index (χ4n) is 15.9. The molecule has 11 N–H and O–H groups in total. The van der Waals surface area contributed by atoms with Crippen LogP contribution in [0.3, 0.4) is 0 Å².